The fraction of sp³-hybridized carbons (Fsp3) is 0.583. The summed E-state index contributed by atoms with van der Waals surface area (Å²) in [6.07, 6.45) is 10.9. The molecule has 184 valence electrons. The molecule has 2 aliphatic carbocycles. The van der Waals surface area contributed by atoms with E-state index in [0.29, 0.717) is 5.69 Å². The largest absolute Gasteiger partial charge is 0.845 e. The molecule has 1 aliphatic heterocycles. The molecule has 1 aromatic carbocycles. The zero-order chi connectivity index (χ0) is 23.9. The van der Waals surface area contributed by atoms with Crippen LogP contribution < -0.4 is 14.7 Å². The SMILES string of the molecule is CN1CCC(CN(c2cnn(C)c2)S(=O)(=O)/N=C(\[O-])Nc2c3c(cc4c2CCC4)CCC3)CC1. The molecule has 34 heavy (non-hydrogen) atoms. The van der Waals surface area contributed by atoms with Gasteiger partial charge >= 0.3 is 10.2 Å². The van der Waals surface area contributed by atoms with E-state index in [1.807, 2.05) is 0 Å². The minimum atomic E-state index is -4.24. The maximum atomic E-state index is 13.4. The number of hydrogen-bond donors (Lipinski definition) is 1. The monoisotopic (exact) mass is 485 g/mol. The highest BCUT2D eigenvalue weighted by atomic mass is 32.2. The van der Waals surface area contributed by atoms with Crippen molar-refractivity contribution in [2.24, 2.45) is 17.4 Å². The molecule has 0 spiro atoms. The van der Waals surface area contributed by atoms with E-state index in [2.05, 4.69) is 32.8 Å². The second kappa shape index (κ2) is 9.22. The number of benzene rings is 1. The lowest BCUT2D eigenvalue weighted by Crippen LogP contribution is -2.40. The van der Waals surface area contributed by atoms with Crippen molar-refractivity contribution in [3.63, 3.8) is 0 Å². The van der Waals surface area contributed by atoms with Gasteiger partial charge in [-0.2, -0.15) is 13.5 Å². The highest BCUT2D eigenvalue weighted by Crippen LogP contribution is 2.38. The van der Waals surface area contributed by atoms with Crippen LogP contribution in [0.1, 0.15) is 47.9 Å². The van der Waals surface area contributed by atoms with Crippen molar-refractivity contribution in [3.05, 3.63) is 40.7 Å². The average Bonchev–Trinajstić information content (AvgIpc) is 3.53. The van der Waals surface area contributed by atoms with Gasteiger partial charge in [-0.1, -0.05) is 6.07 Å². The van der Waals surface area contributed by atoms with Crippen molar-refractivity contribution < 1.29 is 13.5 Å². The Hall–Kier alpha value is -2.59. The first kappa shape index (κ1) is 23.2. The molecule has 1 saturated heterocycles. The summed E-state index contributed by atoms with van der Waals surface area (Å²) in [5.41, 5.74) is 6.08. The summed E-state index contributed by atoms with van der Waals surface area (Å²) in [4.78, 5) is 2.24. The summed E-state index contributed by atoms with van der Waals surface area (Å²) in [5, 5.41) is 20.0. The number of anilines is 2. The second-order valence-electron chi connectivity index (χ2n) is 9.88. The summed E-state index contributed by atoms with van der Waals surface area (Å²) < 4.78 is 33.3. The van der Waals surface area contributed by atoms with Crippen LogP contribution in [0.3, 0.4) is 0 Å². The Morgan fingerprint density at radius 1 is 1.15 bits per heavy atom. The number of hydrogen-bond acceptors (Lipinski definition) is 5. The number of piperidine rings is 1. The molecule has 0 amide bonds. The number of amidine groups is 1. The Kier molecular flexibility index (Phi) is 6.28. The number of nitrogens with zero attached hydrogens (tertiary/aromatic N) is 5. The number of nitrogens with one attached hydrogen (secondary N) is 1. The van der Waals surface area contributed by atoms with E-state index < -0.39 is 16.2 Å². The average molecular weight is 486 g/mol. The van der Waals surface area contributed by atoms with E-state index in [-0.39, 0.29) is 12.5 Å². The zero-order valence-electron chi connectivity index (χ0n) is 20.0. The maximum Gasteiger partial charge on any atom is 0.345 e. The first-order valence-corrected chi connectivity index (χ1v) is 13.6. The third-order valence-corrected chi connectivity index (χ3v) is 8.74. The van der Waals surface area contributed by atoms with Crippen LogP contribution in [0.15, 0.2) is 22.9 Å². The van der Waals surface area contributed by atoms with Gasteiger partial charge < -0.3 is 15.3 Å². The summed E-state index contributed by atoms with van der Waals surface area (Å²) in [6, 6.07) is 1.45. The van der Waals surface area contributed by atoms with Gasteiger partial charge in [-0.15, -0.1) is 4.40 Å². The van der Waals surface area contributed by atoms with E-state index >= 15 is 0 Å². The molecule has 3 aliphatic rings. The van der Waals surface area contributed by atoms with E-state index in [0.717, 1.165) is 81.3 Å². The lowest BCUT2D eigenvalue weighted by molar-refractivity contribution is -0.213. The molecule has 9 nitrogen and oxygen atoms in total. The van der Waals surface area contributed by atoms with Crippen LogP contribution in [0.5, 0.6) is 0 Å². The van der Waals surface area contributed by atoms with Crippen molar-refractivity contribution in [1.82, 2.24) is 14.7 Å². The molecule has 0 bridgehead atoms. The normalized spacial score (nSPS) is 19.3. The molecule has 1 aromatic heterocycles. The van der Waals surface area contributed by atoms with Gasteiger partial charge in [-0.25, -0.2) is 4.31 Å². The molecular formula is C24H33N6O3S-. The topological polar surface area (TPSA) is 106 Å². The first-order valence-electron chi connectivity index (χ1n) is 12.2. The molecule has 5 rings (SSSR count). The highest BCUT2D eigenvalue weighted by molar-refractivity contribution is 7.91. The number of fused-ring (bicyclic) bond motifs is 2. The second-order valence-corrected chi connectivity index (χ2v) is 11.4. The van der Waals surface area contributed by atoms with Gasteiger partial charge in [0, 0.05) is 25.5 Å². The molecule has 2 aromatic rings. The van der Waals surface area contributed by atoms with Gasteiger partial charge in [-0.3, -0.25) is 4.68 Å². The molecule has 2 heterocycles. The van der Waals surface area contributed by atoms with Gasteiger partial charge in [0.2, 0.25) is 0 Å². The van der Waals surface area contributed by atoms with Crippen molar-refractivity contribution in [3.8, 4) is 0 Å². The molecule has 0 saturated carbocycles. The Balaban J connectivity index is 1.42. The molecule has 0 radical (unpaired) electrons. The summed E-state index contributed by atoms with van der Waals surface area (Å²) in [6.45, 7) is 2.13. The molecule has 1 N–H and O–H groups in total. The highest BCUT2D eigenvalue weighted by Gasteiger charge is 2.29. The van der Waals surface area contributed by atoms with Gasteiger partial charge in [0.05, 0.1) is 17.9 Å². The summed E-state index contributed by atoms with van der Waals surface area (Å²) in [7, 11) is -0.431. The lowest BCUT2D eigenvalue weighted by Gasteiger charge is -2.32. The smallest absolute Gasteiger partial charge is 0.345 e. The van der Waals surface area contributed by atoms with Gasteiger partial charge in [0.25, 0.3) is 0 Å². The third kappa shape index (κ3) is 4.65. The fourth-order valence-corrected chi connectivity index (χ4v) is 6.71. The third-order valence-electron chi connectivity index (χ3n) is 7.42. The lowest BCUT2D eigenvalue weighted by atomic mass is 9.97. The Bertz CT molecular complexity index is 1170. The van der Waals surface area contributed by atoms with Gasteiger partial charge in [0.15, 0.2) is 0 Å². The quantitative estimate of drug-likeness (QED) is 0.492. The zero-order valence-corrected chi connectivity index (χ0v) is 20.8. The Morgan fingerprint density at radius 3 is 2.38 bits per heavy atom. The number of aryl methyl sites for hydroxylation is 3. The fourth-order valence-electron chi connectivity index (χ4n) is 5.60. The van der Waals surface area contributed by atoms with E-state index in [1.165, 1.54) is 21.6 Å². The van der Waals surface area contributed by atoms with Crippen molar-refractivity contribution in [1.29, 1.82) is 0 Å². The van der Waals surface area contributed by atoms with E-state index in [1.54, 1.807) is 17.9 Å². The standard InChI is InChI=1S/C24H34N6O3S/c1-28-11-9-17(10-12-28)15-30(20-14-25-29(2)16-20)34(32,33)27-24(31)26-23-21-7-3-5-18(21)13-19-6-4-8-22(19)23/h13-14,16-17H,3-12,15H2,1-2H3,(H2,26,27,31)/p-1. The summed E-state index contributed by atoms with van der Waals surface area (Å²) in [5.74, 6) is 0.199. The van der Waals surface area contributed by atoms with Crippen LogP contribution in [0.2, 0.25) is 0 Å². The van der Waals surface area contributed by atoms with E-state index in [4.69, 9.17) is 0 Å². The van der Waals surface area contributed by atoms with Crippen molar-refractivity contribution >= 4 is 27.6 Å². The predicted octanol–water partition coefficient (Wildman–Crippen LogP) is 1.62. The number of aromatic nitrogens is 2. The van der Waals surface area contributed by atoms with Crippen LogP contribution in [0.25, 0.3) is 0 Å². The molecule has 1 fully saturated rings. The Labute approximate surface area is 201 Å². The number of rotatable bonds is 6. The van der Waals surface area contributed by atoms with Crippen molar-refractivity contribution in [2.45, 2.75) is 51.4 Å². The predicted molar refractivity (Wildman–Crippen MR) is 131 cm³/mol. The van der Waals surface area contributed by atoms with Gasteiger partial charge in [-0.05, 0) is 99.7 Å². The molecular weight excluding hydrogens is 452 g/mol. The molecule has 0 atom stereocenters. The maximum absolute atomic E-state index is 13.4. The van der Waals surface area contributed by atoms with Gasteiger partial charge in [0.1, 0.15) is 0 Å². The summed E-state index contributed by atoms with van der Waals surface area (Å²) >= 11 is 0. The van der Waals surface area contributed by atoms with Crippen LogP contribution >= 0.6 is 0 Å². The van der Waals surface area contributed by atoms with E-state index in [9.17, 15) is 13.5 Å². The first-order chi connectivity index (χ1) is 16.3. The minimum absolute atomic E-state index is 0.199. The molecule has 10 heteroatoms. The van der Waals surface area contributed by atoms with Crippen LogP contribution in [-0.2, 0) is 42.9 Å². The molecule has 0 unspecified atom stereocenters. The van der Waals surface area contributed by atoms with Crippen LogP contribution in [0.4, 0.5) is 11.4 Å². The minimum Gasteiger partial charge on any atom is -0.845 e. The van der Waals surface area contributed by atoms with Crippen LogP contribution in [0, 0.1) is 5.92 Å². The number of likely N-dealkylation sites (tertiary alicyclic amines) is 1. The Morgan fingerprint density at radius 2 is 1.79 bits per heavy atom. The van der Waals surface area contributed by atoms with Crippen molar-refractivity contribution in [2.75, 3.05) is 36.3 Å². The van der Waals surface area contributed by atoms with Crippen LogP contribution in [-0.4, -0.2) is 55.8 Å².